The SMILES string of the molecule is CC(C)c1csc(-c2nccn2[C@@H]2COC[C@@H]2CS(=O)(=O)N(C)C)n1. The third-order valence-corrected chi connectivity index (χ3v) is 7.29. The molecule has 0 radical (unpaired) electrons. The second-order valence-electron chi connectivity index (χ2n) is 6.82. The maximum absolute atomic E-state index is 12.3. The lowest BCUT2D eigenvalue weighted by Gasteiger charge is -2.22. The highest BCUT2D eigenvalue weighted by Gasteiger charge is 2.35. The van der Waals surface area contributed by atoms with Gasteiger partial charge in [0.25, 0.3) is 0 Å². The van der Waals surface area contributed by atoms with Crippen molar-refractivity contribution in [2.24, 2.45) is 5.92 Å². The Kier molecular flexibility index (Phi) is 5.29. The van der Waals surface area contributed by atoms with Gasteiger partial charge in [-0.2, -0.15) is 0 Å². The van der Waals surface area contributed by atoms with Crippen molar-refractivity contribution in [2.45, 2.75) is 25.8 Å². The first-order chi connectivity index (χ1) is 11.8. The molecule has 3 heterocycles. The molecule has 7 nitrogen and oxygen atoms in total. The molecule has 0 aromatic carbocycles. The Morgan fingerprint density at radius 2 is 2.16 bits per heavy atom. The smallest absolute Gasteiger partial charge is 0.214 e. The molecule has 9 heteroatoms. The Bertz CT molecular complexity index is 826. The third kappa shape index (κ3) is 3.79. The Labute approximate surface area is 152 Å². The van der Waals surface area contributed by atoms with Crippen molar-refractivity contribution < 1.29 is 13.2 Å². The average Bonchev–Trinajstić information content (AvgIpc) is 3.25. The second-order valence-corrected chi connectivity index (χ2v) is 9.90. The van der Waals surface area contributed by atoms with Gasteiger partial charge in [0.05, 0.1) is 30.7 Å². The van der Waals surface area contributed by atoms with E-state index < -0.39 is 10.0 Å². The first-order valence-corrected chi connectivity index (χ1v) is 10.7. The molecule has 1 saturated heterocycles. The molecule has 2 atom stereocenters. The monoisotopic (exact) mass is 384 g/mol. The van der Waals surface area contributed by atoms with Crippen LogP contribution in [0.25, 0.3) is 10.8 Å². The fourth-order valence-electron chi connectivity index (χ4n) is 2.87. The summed E-state index contributed by atoms with van der Waals surface area (Å²) in [6.07, 6.45) is 3.63. The molecular formula is C16H24N4O3S2. The van der Waals surface area contributed by atoms with Crippen LogP contribution in [-0.2, 0) is 14.8 Å². The zero-order valence-electron chi connectivity index (χ0n) is 14.9. The molecule has 138 valence electrons. The largest absolute Gasteiger partial charge is 0.379 e. The van der Waals surface area contributed by atoms with Crippen molar-refractivity contribution in [1.29, 1.82) is 0 Å². The number of ether oxygens (including phenoxy) is 1. The summed E-state index contributed by atoms with van der Waals surface area (Å²) in [5.41, 5.74) is 1.05. The zero-order chi connectivity index (χ0) is 18.2. The van der Waals surface area contributed by atoms with Gasteiger partial charge in [-0.3, -0.25) is 0 Å². The van der Waals surface area contributed by atoms with Crippen LogP contribution >= 0.6 is 11.3 Å². The van der Waals surface area contributed by atoms with Crippen molar-refractivity contribution in [1.82, 2.24) is 18.8 Å². The van der Waals surface area contributed by atoms with Crippen LogP contribution in [-0.4, -0.2) is 60.3 Å². The van der Waals surface area contributed by atoms with Gasteiger partial charge in [-0.25, -0.2) is 22.7 Å². The number of sulfonamides is 1. The Morgan fingerprint density at radius 3 is 2.80 bits per heavy atom. The van der Waals surface area contributed by atoms with Crippen LogP contribution in [0.2, 0.25) is 0 Å². The summed E-state index contributed by atoms with van der Waals surface area (Å²) >= 11 is 1.57. The Hall–Kier alpha value is -1.29. The lowest BCUT2D eigenvalue weighted by Crippen LogP contribution is -2.32. The Balaban J connectivity index is 1.88. The van der Waals surface area contributed by atoms with E-state index in [4.69, 9.17) is 4.74 Å². The second kappa shape index (κ2) is 7.14. The summed E-state index contributed by atoms with van der Waals surface area (Å²) in [5.74, 6) is 1.10. The molecule has 0 unspecified atom stereocenters. The van der Waals surface area contributed by atoms with E-state index in [9.17, 15) is 8.42 Å². The van der Waals surface area contributed by atoms with Gasteiger partial charge < -0.3 is 9.30 Å². The lowest BCUT2D eigenvalue weighted by molar-refractivity contribution is 0.182. The van der Waals surface area contributed by atoms with E-state index in [1.165, 1.54) is 4.31 Å². The minimum absolute atomic E-state index is 0.0568. The topological polar surface area (TPSA) is 77.3 Å². The highest BCUT2D eigenvalue weighted by atomic mass is 32.2. The molecule has 0 aliphatic carbocycles. The van der Waals surface area contributed by atoms with Crippen LogP contribution in [0.4, 0.5) is 0 Å². The van der Waals surface area contributed by atoms with Crippen LogP contribution in [0.1, 0.15) is 31.5 Å². The van der Waals surface area contributed by atoms with Gasteiger partial charge in [-0.05, 0) is 5.92 Å². The predicted octanol–water partition coefficient (Wildman–Crippen LogP) is 2.21. The summed E-state index contributed by atoms with van der Waals surface area (Å²) < 4.78 is 33.4. The van der Waals surface area contributed by atoms with Gasteiger partial charge in [0.2, 0.25) is 10.0 Å². The van der Waals surface area contributed by atoms with E-state index in [1.54, 1.807) is 31.6 Å². The van der Waals surface area contributed by atoms with Crippen molar-refractivity contribution in [3.8, 4) is 10.8 Å². The number of aromatic nitrogens is 3. The minimum atomic E-state index is -3.28. The minimum Gasteiger partial charge on any atom is -0.379 e. The average molecular weight is 385 g/mol. The molecule has 3 rings (SSSR count). The van der Waals surface area contributed by atoms with Crippen molar-refractivity contribution in [3.63, 3.8) is 0 Å². The normalized spacial score (nSPS) is 21.5. The molecule has 2 aromatic heterocycles. The van der Waals surface area contributed by atoms with Crippen LogP contribution < -0.4 is 0 Å². The maximum Gasteiger partial charge on any atom is 0.214 e. The van der Waals surface area contributed by atoms with E-state index in [0.717, 1.165) is 16.5 Å². The van der Waals surface area contributed by atoms with Gasteiger partial charge in [0.15, 0.2) is 10.8 Å². The molecule has 0 bridgehead atoms. The number of hydrogen-bond acceptors (Lipinski definition) is 6. The molecule has 1 aliphatic heterocycles. The van der Waals surface area contributed by atoms with Crippen molar-refractivity contribution >= 4 is 21.4 Å². The summed E-state index contributed by atoms with van der Waals surface area (Å²) in [5, 5.41) is 2.91. The summed E-state index contributed by atoms with van der Waals surface area (Å²) in [4.78, 5) is 9.15. The maximum atomic E-state index is 12.3. The Morgan fingerprint density at radius 1 is 1.40 bits per heavy atom. The molecule has 0 amide bonds. The molecule has 0 spiro atoms. The van der Waals surface area contributed by atoms with E-state index in [2.05, 4.69) is 29.2 Å². The van der Waals surface area contributed by atoms with E-state index in [0.29, 0.717) is 19.1 Å². The summed E-state index contributed by atoms with van der Waals surface area (Å²) in [7, 11) is -0.161. The molecular weight excluding hydrogens is 360 g/mol. The third-order valence-electron chi connectivity index (χ3n) is 4.48. The number of hydrogen-bond donors (Lipinski definition) is 0. The molecule has 0 saturated carbocycles. The standard InChI is InChI=1S/C16H24N4O3S2/c1-11(2)13-9-24-16(18-13)15-17-5-6-20(15)14-8-23-7-12(14)10-25(21,22)19(3)4/h5-6,9,11-12,14H,7-8,10H2,1-4H3/t12-,14-/m1/s1. The van der Waals surface area contributed by atoms with Gasteiger partial charge in [0, 0.05) is 37.8 Å². The van der Waals surface area contributed by atoms with Crippen LogP contribution in [0.3, 0.4) is 0 Å². The van der Waals surface area contributed by atoms with E-state index >= 15 is 0 Å². The first kappa shape index (κ1) is 18.5. The van der Waals surface area contributed by atoms with Gasteiger partial charge in [0.1, 0.15) is 0 Å². The van der Waals surface area contributed by atoms with E-state index in [1.807, 2.05) is 10.8 Å². The van der Waals surface area contributed by atoms with Crippen LogP contribution in [0.5, 0.6) is 0 Å². The lowest BCUT2D eigenvalue weighted by atomic mass is 10.1. The molecule has 25 heavy (non-hydrogen) atoms. The number of imidazole rings is 1. The van der Waals surface area contributed by atoms with Crippen LogP contribution in [0.15, 0.2) is 17.8 Å². The summed E-state index contributed by atoms with van der Waals surface area (Å²) in [6, 6.07) is -0.0568. The highest BCUT2D eigenvalue weighted by Crippen LogP contribution is 2.33. The van der Waals surface area contributed by atoms with Gasteiger partial charge in [-0.1, -0.05) is 13.8 Å². The number of nitrogens with zero attached hydrogens (tertiary/aromatic N) is 4. The molecule has 0 N–H and O–H groups in total. The van der Waals surface area contributed by atoms with E-state index in [-0.39, 0.29) is 17.7 Å². The van der Waals surface area contributed by atoms with Gasteiger partial charge in [-0.15, -0.1) is 11.3 Å². The quantitative estimate of drug-likeness (QED) is 0.763. The van der Waals surface area contributed by atoms with Crippen LogP contribution in [0, 0.1) is 5.92 Å². The molecule has 2 aromatic rings. The molecule has 1 fully saturated rings. The zero-order valence-corrected chi connectivity index (χ0v) is 16.5. The van der Waals surface area contributed by atoms with Crippen molar-refractivity contribution in [3.05, 3.63) is 23.5 Å². The number of thiazole rings is 1. The summed E-state index contributed by atoms with van der Waals surface area (Å²) in [6.45, 7) is 5.14. The molecule has 1 aliphatic rings. The van der Waals surface area contributed by atoms with Gasteiger partial charge >= 0.3 is 0 Å². The predicted molar refractivity (Wildman–Crippen MR) is 98.2 cm³/mol. The first-order valence-electron chi connectivity index (χ1n) is 8.26. The fourth-order valence-corrected chi connectivity index (χ4v) is 5.01. The van der Waals surface area contributed by atoms with Crippen molar-refractivity contribution in [2.75, 3.05) is 33.1 Å². The highest BCUT2D eigenvalue weighted by molar-refractivity contribution is 7.89. The number of rotatable bonds is 6. The fraction of sp³-hybridized carbons (Fsp3) is 0.625.